The molecule has 0 fully saturated rings. The lowest BCUT2D eigenvalue weighted by Gasteiger charge is -2.13. The van der Waals surface area contributed by atoms with E-state index in [0.717, 1.165) is 0 Å². The minimum Gasteiger partial charge on any atom is -0.493 e. The van der Waals surface area contributed by atoms with Gasteiger partial charge < -0.3 is 18.6 Å². The molecule has 0 aliphatic rings. The maximum Gasteiger partial charge on any atom is 0.343 e. The molecule has 4 rings (SSSR count). The normalized spacial score (nSPS) is 10.8. The summed E-state index contributed by atoms with van der Waals surface area (Å²) < 4.78 is 22.1. The molecule has 4 aromatic rings. The lowest BCUT2D eigenvalue weighted by Crippen LogP contribution is -2.16. The minimum absolute atomic E-state index is 0.0566. The highest BCUT2D eigenvalue weighted by Crippen LogP contribution is 2.37. The summed E-state index contributed by atoms with van der Waals surface area (Å²) in [4.78, 5) is 26.1. The van der Waals surface area contributed by atoms with Crippen LogP contribution in [0.25, 0.3) is 22.3 Å². The fourth-order valence-corrected chi connectivity index (χ4v) is 3.54. The SMILES string of the molecule is COc1ccc(-c2oc3ccc(Cl)cc3c(=O)c2OC(=O)c2cccc(Cl)c2)cc1OC. The Morgan fingerprint density at radius 2 is 1.62 bits per heavy atom. The zero-order valence-electron chi connectivity index (χ0n) is 17.0. The average molecular weight is 471 g/mol. The van der Waals surface area contributed by atoms with Crippen LogP contribution in [0, 0.1) is 0 Å². The van der Waals surface area contributed by atoms with E-state index >= 15 is 0 Å². The van der Waals surface area contributed by atoms with Gasteiger partial charge in [0.15, 0.2) is 17.3 Å². The topological polar surface area (TPSA) is 75.0 Å². The second-order valence-corrected chi connectivity index (χ2v) is 7.57. The lowest BCUT2D eigenvalue weighted by atomic mass is 10.1. The van der Waals surface area contributed by atoms with Crippen LogP contribution in [0.4, 0.5) is 0 Å². The van der Waals surface area contributed by atoms with Crippen LogP contribution >= 0.6 is 23.2 Å². The first-order chi connectivity index (χ1) is 15.4. The second-order valence-electron chi connectivity index (χ2n) is 6.70. The quantitative estimate of drug-likeness (QED) is 0.332. The summed E-state index contributed by atoms with van der Waals surface area (Å²) in [5, 5.41) is 0.878. The van der Waals surface area contributed by atoms with Crippen LogP contribution in [0.2, 0.25) is 10.0 Å². The van der Waals surface area contributed by atoms with E-state index in [9.17, 15) is 9.59 Å². The maximum absolute atomic E-state index is 13.3. The highest BCUT2D eigenvalue weighted by atomic mass is 35.5. The molecule has 0 saturated carbocycles. The van der Waals surface area contributed by atoms with E-state index in [1.807, 2.05) is 0 Å². The number of esters is 1. The molecule has 0 bridgehead atoms. The molecule has 3 aromatic carbocycles. The van der Waals surface area contributed by atoms with Crippen LogP contribution in [-0.2, 0) is 0 Å². The number of carbonyl (C=O) groups is 1. The number of carbonyl (C=O) groups excluding carboxylic acids is 1. The molecule has 1 heterocycles. The van der Waals surface area contributed by atoms with Crippen molar-refractivity contribution in [3.63, 3.8) is 0 Å². The van der Waals surface area contributed by atoms with E-state index in [1.165, 1.54) is 32.4 Å². The smallest absolute Gasteiger partial charge is 0.343 e. The van der Waals surface area contributed by atoms with Crippen LogP contribution in [0.3, 0.4) is 0 Å². The van der Waals surface area contributed by atoms with Crippen LogP contribution in [0.1, 0.15) is 10.4 Å². The van der Waals surface area contributed by atoms with Crippen molar-refractivity contribution in [1.29, 1.82) is 0 Å². The number of benzene rings is 3. The Morgan fingerprint density at radius 1 is 0.875 bits per heavy atom. The summed E-state index contributed by atoms with van der Waals surface area (Å²) in [5.74, 6) is -0.0827. The Kier molecular flexibility index (Phi) is 6.08. The third-order valence-corrected chi connectivity index (χ3v) is 5.18. The highest BCUT2D eigenvalue weighted by molar-refractivity contribution is 6.31. The van der Waals surface area contributed by atoms with Crippen LogP contribution in [-0.4, -0.2) is 20.2 Å². The first-order valence-corrected chi connectivity index (χ1v) is 10.1. The molecule has 0 spiro atoms. The van der Waals surface area contributed by atoms with Crippen molar-refractivity contribution in [2.45, 2.75) is 0 Å². The van der Waals surface area contributed by atoms with Gasteiger partial charge in [0.05, 0.1) is 25.2 Å². The minimum atomic E-state index is -0.761. The highest BCUT2D eigenvalue weighted by Gasteiger charge is 2.22. The average Bonchev–Trinajstić information content (AvgIpc) is 2.80. The van der Waals surface area contributed by atoms with Crippen molar-refractivity contribution in [1.82, 2.24) is 0 Å². The van der Waals surface area contributed by atoms with Gasteiger partial charge in [-0.2, -0.15) is 0 Å². The van der Waals surface area contributed by atoms with Crippen molar-refractivity contribution >= 4 is 40.1 Å². The van der Waals surface area contributed by atoms with Gasteiger partial charge in [0, 0.05) is 15.6 Å². The van der Waals surface area contributed by atoms with Gasteiger partial charge >= 0.3 is 5.97 Å². The van der Waals surface area contributed by atoms with Gasteiger partial charge in [-0.05, 0) is 54.6 Å². The second kappa shape index (κ2) is 8.94. The molecule has 0 radical (unpaired) electrons. The van der Waals surface area contributed by atoms with Crippen LogP contribution < -0.4 is 19.6 Å². The molecular formula is C24H16Cl2O6. The predicted molar refractivity (Wildman–Crippen MR) is 122 cm³/mol. The van der Waals surface area contributed by atoms with E-state index in [-0.39, 0.29) is 28.0 Å². The summed E-state index contributed by atoms with van der Waals surface area (Å²) in [7, 11) is 3.00. The monoisotopic (exact) mass is 470 g/mol. The zero-order valence-corrected chi connectivity index (χ0v) is 18.5. The number of ether oxygens (including phenoxy) is 3. The van der Waals surface area contributed by atoms with Gasteiger partial charge in [0.2, 0.25) is 11.2 Å². The third kappa shape index (κ3) is 4.15. The summed E-state index contributed by atoms with van der Waals surface area (Å²) in [6, 6.07) is 15.8. The molecule has 0 amide bonds. The fourth-order valence-electron chi connectivity index (χ4n) is 3.18. The van der Waals surface area contributed by atoms with Crippen molar-refractivity contribution < 1.29 is 23.4 Å². The Hall–Kier alpha value is -3.48. The van der Waals surface area contributed by atoms with Gasteiger partial charge in [0.25, 0.3) is 0 Å². The fraction of sp³-hybridized carbons (Fsp3) is 0.0833. The molecule has 32 heavy (non-hydrogen) atoms. The Balaban J connectivity index is 1.92. The predicted octanol–water partition coefficient (Wildman–Crippen LogP) is 6.00. The maximum atomic E-state index is 13.3. The number of methoxy groups -OCH3 is 2. The number of halogens is 2. The molecular weight excluding hydrogens is 455 g/mol. The molecule has 1 aromatic heterocycles. The van der Waals surface area contributed by atoms with Crippen LogP contribution in [0.15, 0.2) is 69.9 Å². The van der Waals surface area contributed by atoms with Crippen molar-refractivity contribution in [2.24, 2.45) is 0 Å². The molecule has 6 nitrogen and oxygen atoms in total. The van der Waals surface area contributed by atoms with E-state index in [2.05, 4.69) is 0 Å². The molecule has 0 aliphatic heterocycles. The van der Waals surface area contributed by atoms with Crippen molar-refractivity contribution in [3.8, 4) is 28.6 Å². The lowest BCUT2D eigenvalue weighted by molar-refractivity contribution is 0.0731. The number of hydrogen-bond donors (Lipinski definition) is 0. The van der Waals surface area contributed by atoms with Gasteiger partial charge in [0.1, 0.15) is 5.58 Å². The Bertz CT molecular complexity index is 1390. The molecule has 0 unspecified atom stereocenters. The van der Waals surface area contributed by atoms with E-state index in [4.69, 9.17) is 41.8 Å². The first-order valence-electron chi connectivity index (χ1n) is 9.37. The molecule has 0 atom stereocenters. The summed E-state index contributed by atoms with van der Waals surface area (Å²) in [6.07, 6.45) is 0. The number of rotatable bonds is 5. The molecule has 0 N–H and O–H groups in total. The van der Waals surface area contributed by atoms with Gasteiger partial charge in [-0.25, -0.2) is 4.79 Å². The number of hydrogen-bond acceptors (Lipinski definition) is 6. The van der Waals surface area contributed by atoms with E-state index in [0.29, 0.717) is 27.1 Å². The van der Waals surface area contributed by atoms with Gasteiger partial charge in [-0.15, -0.1) is 0 Å². The largest absolute Gasteiger partial charge is 0.493 e. The zero-order chi connectivity index (χ0) is 22.8. The Morgan fingerprint density at radius 3 is 2.34 bits per heavy atom. The molecule has 0 aliphatic carbocycles. The van der Waals surface area contributed by atoms with E-state index < -0.39 is 11.4 Å². The van der Waals surface area contributed by atoms with Gasteiger partial charge in [-0.1, -0.05) is 29.3 Å². The first kappa shape index (κ1) is 21.7. The third-order valence-electron chi connectivity index (χ3n) is 4.71. The van der Waals surface area contributed by atoms with E-state index in [1.54, 1.807) is 42.5 Å². The van der Waals surface area contributed by atoms with Crippen LogP contribution in [0.5, 0.6) is 17.2 Å². The number of fused-ring (bicyclic) bond motifs is 1. The molecule has 8 heteroatoms. The summed E-state index contributed by atoms with van der Waals surface area (Å²) in [5.41, 5.74) is 0.368. The molecule has 162 valence electrons. The van der Waals surface area contributed by atoms with Gasteiger partial charge in [-0.3, -0.25) is 4.79 Å². The Labute approximate surface area is 192 Å². The summed E-state index contributed by atoms with van der Waals surface area (Å²) in [6.45, 7) is 0. The standard InChI is InChI=1S/C24H16Cl2O6/c1-29-19-8-6-13(11-20(19)30-2)22-23(32-24(28)14-4-3-5-15(25)10-14)21(27)17-12-16(26)7-9-18(17)31-22/h3-12H,1-2H3. The molecule has 0 saturated heterocycles. The van der Waals surface area contributed by atoms with Crippen molar-refractivity contribution in [3.05, 3.63) is 86.5 Å². The summed E-state index contributed by atoms with van der Waals surface area (Å²) >= 11 is 12.0. The van der Waals surface area contributed by atoms with Crippen molar-refractivity contribution in [2.75, 3.05) is 14.2 Å².